The van der Waals surface area contributed by atoms with Crippen LogP contribution in [0.25, 0.3) is 0 Å². The highest BCUT2D eigenvalue weighted by Crippen LogP contribution is 2.30. The van der Waals surface area contributed by atoms with E-state index in [4.69, 9.17) is 24.8 Å². The minimum Gasteiger partial charge on any atom is -0.394 e. The normalized spacial score (nSPS) is 16.4. The summed E-state index contributed by atoms with van der Waals surface area (Å²) in [4.78, 5) is 21.7. The van der Waals surface area contributed by atoms with Crippen LogP contribution in [0.4, 0.5) is 0 Å². The van der Waals surface area contributed by atoms with E-state index in [0.717, 1.165) is 13.2 Å². The van der Waals surface area contributed by atoms with E-state index in [1.54, 1.807) is 0 Å². The third-order valence-electron chi connectivity index (χ3n) is 2.97. The van der Waals surface area contributed by atoms with Crippen LogP contribution in [0.5, 0.6) is 0 Å². The zero-order valence-electron chi connectivity index (χ0n) is 15.6. The second-order valence-corrected chi connectivity index (χ2v) is 6.27. The molecule has 0 spiro atoms. The number of hydrogen-bond donors (Lipinski definition) is 3. The lowest BCUT2D eigenvalue weighted by atomic mass is 9.76. The summed E-state index contributed by atoms with van der Waals surface area (Å²) in [5, 5.41) is 24.0. The first-order chi connectivity index (χ1) is 11.1. The molecule has 0 aliphatic heterocycles. The molecule has 0 heterocycles. The van der Waals surface area contributed by atoms with Crippen molar-refractivity contribution < 1.29 is 34.4 Å². The van der Waals surface area contributed by atoms with Gasteiger partial charge in [0.15, 0.2) is 6.29 Å². The fraction of sp³-hybridized carbons (Fsp3) is 0.882. The number of aliphatic hydroxyl groups is 3. The maximum Gasteiger partial charge on any atom is 0.154 e. The lowest BCUT2D eigenvalue weighted by Crippen LogP contribution is -2.28. The van der Waals surface area contributed by atoms with E-state index >= 15 is 0 Å². The Labute approximate surface area is 145 Å². The molecule has 3 N–H and O–H groups in total. The third-order valence-corrected chi connectivity index (χ3v) is 2.97. The Kier molecular flexibility index (Phi) is 15.3. The minimum atomic E-state index is -0.954. The molecule has 1 fully saturated rings. The molecule has 0 amide bonds. The topological polar surface area (TPSA) is 113 Å². The van der Waals surface area contributed by atoms with E-state index in [1.165, 1.54) is 0 Å². The number of hydrogen-bond acceptors (Lipinski definition) is 7. The Hall–Kier alpha value is -0.860. The second-order valence-electron chi connectivity index (χ2n) is 6.27. The summed E-state index contributed by atoms with van der Waals surface area (Å²) >= 11 is 0. The molecule has 0 aromatic carbocycles. The quantitative estimate of drug-likeness (QED) is 0.485. The predicted molar refractivity (Wildman–Crippen MR) is 90.5 cm³/mol. The Balaban J connectivity index is 0. The molecule has 7 heteroatoms. The number of rotatable bonds is 6. The van der Waals surface area contributed by atoms with Crippen LogP contribution in [0, 0.1) is 5.41 Å². The Morgan fingerprint density at radius 1 is 1.00 bits per heavy atom. The Morgan fingerprint density at radius 3 is 1.58 bits per heavy atom. The van der Waals surface area contributed by atoms with Crippen molar-refractivity contribution in [2.45, 2.75) is 66.3 Å². The molecule has 0 aromatic heterocycles. The molecule has 7 nitrogen and oxygen atoms in total. The highest BCUT2D eigenvalue weighted by atomic mass is 16.7. The molecule has 0 saturated heterocycles. The second kappa shape index (κ2) is 14.5. The van der Waals surface area contributed by atoms with Gasteiger partial charge < -0.3 is 24.8 Å². The summed E-state index contributed by atoms with van der Waals surface area (Å²) in [6.07, 6.45) is 0.316. The number of Topliss-reactive ketones (excluding diaryl/α,β-unsaturated/α-hetero) is 2. The molecule has 144 valence electrons. The maximum absolute atomic E-state index is 10.9. The van der Waals surface area contributed by atoms with E-state index in [9.17, 15) is 9.59 Å². The largest absolute Gasteiger partial charge is 0.394 e. The van der Waals surface area contributed by atoms with Gasteiger partial charge in [0, 0.05) is 26.1 Å². The van der Waals surface area contributed by atoms with Crippen LogP contribution in [0.3, 0.4) is 0 Å². The van der Waals surface area contributed by atoms with Gasteiger partial charge in [-0.05, 0) is 26.2 Å². The predicted octanol–water partition coefficient (Wildman–Crippen LogP) is 1.07. The monoisotopic (exact) mass is 350 g/mol. The zero-order chi connectivity index (χ0) is 19.2. The SMILES string of the molecule is CC1(C)CC(=O)CC(=O)C1.CCOC(C)OCC.OCC(O)CO. The van der Waals surface area contributed by atoms with Crippen molar-refractivity contribution in [3.05, 3.63) is 0 Å². The first-order valence-corrected chi connectivity index (χ1v) is 8.28. The highest BCUT2D eigenvalue weighted by molar-refractivity contribution is 6.01. The number of aliphatic hydroxyl groups excluding tert-OH is 3. The summed E-state index contributed by atoms with van der Waals surface area (Å²) in [5.41, 5.74) is -0.0770. The van der Waals surface area contributed by atoms with Crippen LogP contribution in [0.15, 0.2) is 0 Å². The molecule has 1 rings (SSSR count). The highest BCUT2D eigenvalue weighted by Gasteiger charge is 2.31. The summed E-state index contributed by atoms with van der Waals surface area (Å²) in [5.74, 6) is 0.197. The average Bonchev–Trinajstić information content (AvgIpc) is 2.45. The number of ketones is 2. The lowest BCUT2D eigenvalue weighted by Gasteiger charge is -2.26. The maximum atomic E-state index is 10.9. The van der Waals surface area contributed by atoms with E-state index < -0.39 is 6.10 Å². The molecule has 0 bridgehead atoms. The summed E-state index contributed by atoms with van der Waals surface area (Å²) in [7, 11) is 0. The Bertz CT molecular complexity index is 314. The van der Waals surface area contributed by atoms with Crippen molar-refractivity contribution in [3.8, 4) is 0 Å². The van der Waals surface area contributed by atoms with Gasteiger partial charge in [-0.1, -0.05) is 13.8 Å². The van der Waals surface area contributed by atoms with Crippen molar-refractivity contribution in [3.63, 3.8) is 0 Å². The zero-order valence-corrected chi connectivity index (χ0v) is 15.6. The first-order valence-electron chi connectivity index (χ1n) is 8.28. The van der Waals surface area contributed by atoms with Crippen molar-refractivity contribution >= 4 is 11.6 Å². The molecule has 0 atom stereocenters. The van der Waals surface area contributed by atoms with Crippen LogP contribution < -0.4 is 0 Å². The van der Waals surface area contributed by atoms with Crippen molar-refractivity contribution in [2.75, 3.05) is 26.4 Å². The van der Waals surface area contributed by atoms with Gasteiger partial charge in [-0.25, -0.2) is 0 Å². The van der Waals surface area contributed by atoms with Crippen LogP contribution in [-0.4, -0.2) is 65.7 Å². The third kappa shape index (κ3) is 16.0. The summed E-state index contributed by atoms with van der Waals surface area (Å²) in [6.45, 7) is 10.4. The van der Waals surface area contributed by atoms with Gasteiger partial charge >= 0.3 is 0 Å². The number of ether oxygens (including phenoxy) is 2. The molecule has 1 aliphatic carbocycles. The number of carbonyl (C=O) groups is 2. The average molecular weight is 350 g/mol. The molecule has 1 aliphatic rings. The molecule has 0 aromatic rings. The van der Waals surface area contributed by atoms with Gasteiger partial charge in [0.1, 0.15) is 17.7 Å². The van der Waals surface area contributed by atoms with Gasteiger partial charge in [0.2, 0.25) is 0 Å². The van der Waals surface area contributed by atoms with E-state index in [2.05, 4.69) is 0 Å². The van der Waals surface area contributed by atoms with Crippen molar-refractivity contribution in [1.29, 1.82) is 0 Å². The fourth-order valence-corrected chi connectivity index (χ4v) is 2.05. The van der Waals surface area contributed by atoms with E-state index in [1.807, 2.05) is 34.6 Å². The smallest absolute Gasteiger partial charge is 0.154 e. The van der Waals surface area contributed by atoms with E-state index in [-0.39, 0.29) is 42.9 Å². The molecule has 24 heavy (non-hydrogen) atoms. The van der Waals surface area contributed by atoms with Gasteiger partial charge in [0.25, 0.3) is 0 Å². The van der Waals surface area contributed by atoms with Gasteiger partial charge in [-0.15, -0.1) is 0 Å². The minimum absolute atomic E-state index is 0.0370. The van der Waals surface area contributed by atoms with Crippen LogP contribution >= 0.6 is 0 Å². The molecule has 0 radical (unpaired) electrons. The molecule has 1 saturated carbocycles. The number of carbonyl (C=O) groups excluding carboxylic acids is 2. The van der Waals surface area contributed by atoms with Gasteiger partial charge in [-0.2, -0.15) is 0 Å². The van der Waals surface area contributed by atoms with Crippen LogP contribution in [-0.2, 0) is 19.1 Å². The summed E-state index contributed by atoms with van der Waals surface area (Å²) < 4.78 is 10.1. The first kappa shape index (κ1) is 25.4. The summed E-state index contributed by atoms with van der Waals surface area (Å²) in [6, 6.07) is 0. The van der Waals surface area contributed by atoms with Gasteiger partial charge in [-0.3, -0.25) is 9.59 Å². The van der Waals surface area contributed by atoms with Crippen LogP contribution in [0.1, 0.15) is 53.9 Å². The molecule has 0 unspecified atom stereocenters. The standard InChI is InChI=1S/C8H12O2.C6H14O2.C3H8O3/c1-8(2)4-6(9)3-7(10)5-8;1-4-7-6(3)8-5-2;4-1-3(6)2-5/h3-5H2,1-2H3;6H,4-5H2,1-3H3;3-6H,1-2H2. The lowest BCUT2D eigenvalue weighted by molar-refractivity contribution is -0.133. The molecular formula is C17H34O7. The fourth-order valence-electron chi connectivity index (χ4n) is 2.05. The molecular weight excluding hydrogens is 316 g/mol. The van der Waals surface area contributed by atoms with Crippen molar-refractivity contribution in [2.24, 2.45) is 5.41 Å². The van der Waals surface area contributed by atoms with Crippen LogP contribution in [0.2, 0.25) is 0 Å². The Morgan fingerprint density at radius 2 is 1.38 bits per heavy atom. The van der Waals surface area contributed by atoms with E-state index in [0.29, 0.717) is 12.8 Å². The van der Waals surface area contributed by atoms with Crippen molar-refractivity contribution in [1.82, 2.24) is 0 Å². The van der Waals surface area contributed by atoms with Gasteiger partial charge in [0.05, 0.1) is 19.6 Å².